The van der Waals surface area contributed by atoms with Gasteiger partial charge in [0.15, 0.2) is 0 Å². The van der Waals surface area contributed by atoms with E-state index in [9.17, 15) is 0 Å². The first-order valence-electron chi connectivity index (χ1n) is 4.12. The Hall–Kier alpha value is -1.30. The number of allylic oxidation sites excluding steroid dienone is 2. The molecule has 0 amide bonds. The van der Waals surface area contributed by atoms with E-state index in [1.54, 1.807) is 0 Å². The highest BCUT2D eigenvalue weighted by Gasteiger charge is 1.91. The fourth-order valence-corrected chi connectivity index (χ4v) is 1.07. The van der Waals surface area contributed by atoms with Crippen molar-refractivity contribution in [2.45, 2.75) is 13.8 Å². The molecule has 0 unspecified atom stereocenters. The Morgan fingerprint density at radius 1 is 1.25 bits per heavy atom. The standard InChI is InChI=1S/C12H14/c1-4-5-11-6-8-12(9-7-11)10(2)3/h4-9H,2H2,1,3H3/b5-4+. The summed E-state index contributed by atoms with van der Waals surface area (Å²) in [6.45, 7) is 7.92. The second-order valence-corrected chi connectivity index (χ2v) is 2.90. The summed E-state index contributed by atoms with van der Waals surface area (Å²) in [5.41, 5.74) is 3.56. The third-order valence-electron chi connectivity index (χ3n) is 1.76. The topological polar surface area (TPSA) is 0 Å². The smallest absolute Gasteiger partial charge is 0.0233 e. The summed E-state index contributed by atoms with van der Waals surface area (Å²) in [5.74, 6) is 0. The van der Waals surface area contributed by atoms with Gasteiger partial charge < -0.3 is 0 Å². The van der Waals surface area contributed by atoms with Crippen molar-refractivity contribution in [1.82, 2.24) is 0 Å². The summed E-state index contributed by atoms with van der Waals surface area (Å²) in [6.07, 6.45) is 4.12. The minimum absolute atomic E-state index is 1.11. The van der Waals surface area contributed by atoms with Crippen LogP contribution in [0.3, 0.4) is 0 Å². The van der Waals surface area contributed by atoms with Gasteiger partial charge in [0.1, 0.15) is 0 Å². The van der Waals surface area contributed by atoms with Crippen LogP contribution in [0.4, 0.5) is 0 Å². The van der Waals surface area contributed by atoms with Crippen molar-refractivity contribution in [2.75, 3.05) is 0 Å². The second kappa shape index (κ2) is 3.91. The van der Waals surface area contributed by atoms with Crippen molar-refractivity contribution in [3.63, 3.8) is 0 Å². The van der Waals surface area contributed by atoms with Gasteiger partial charge >= 0.3 is 0 Å². The summed E-state index contributed by atoms with van der Waals surface area (Å²) in [7, 11) is 0. The SMILES string of the molecule is C=C(C)c1ccc(/C=C/C)cc1. The van der Waals surface area contributed by atoms with E-state index < -0.39 is 0 Å². The average Bonchev–Trinajstić information content (AvgIpc) is 2.06. The molecule has 0 saturated carbocycles. The Morgan fingerprint density at radius 3 is 2.25 bits per heavy atom. The second-order valence-electron chi connectivity index (χ2n) is 2.90. The van der Waals surface area contributed by atoms with Crippen molar-refractivity contribution in [2.24, 2.45) is 0 Å². The van der Waals surface area contributed by atoms with Gasteiger partial charge in [0, 0.05) is 0 Å². The molecule has 62 valence electrons. The van der Waals surface area contributed by atoms with E-state index in [0.717, 1.165) is 5.57 Å². The number of hydrogen-bond acceptors (Lipinski definition) is 0. The Bertz CT molecular complexity index is 288. The predicted octanol–water partition coefficient (Wildman–Crippen LogP) is 3.75. The van der Waals surface area contributed by atoms with E-state index >= 15 is 0 Å². The molecule has 1 rings (SSSR count). The minimum Gasteiger partial charge on any atom is -0.0955 e. The van der Waals surface area contributed by atoms with Gasteiger partial charge in [0.25, 0.3) is 0 Å². The van der Waals surface area contributed by atoms with E-state index in [0.29, 0.717) is 0 Å². The lowest BCUT2D eigenvalue weighted by Gasteiger charge is -1.99. The van der Waals surface area contributed by atoms with Crippen molar-refractivity contribution in [1.29, 1.82) is 0 Å². The van der Waals surface area contributed by atoms with Gasteiger partial charge in [-0.2, -0.15) is 0 Å². The molecular weight excluding hydrogens is 144 g/mol. The molecule has 0 bridgehead atoms. The van der Waals surface area contributed by atoms with Crippen LogP contribution in [0.5, 0.6) is 0 Å². The fraction of sp³-hybridized carbons (Fsp3) is 0.167. The van der Waals surface area contributed by atoms with E-state index in [4.69, 9.17) is 0 Å². The molecule has 0 saturated heterocycles. The van der Waals surface area contributed by atoms with Gasteiger partial charge in [0.2, 0.25) is 0 Å². The van der Waals surface area contributed by atoms with Crippen LogP contribution in [0.2, 0.25) is 0 Å². The largest absolute Gasteiger partial charge is 0.0955 e. The molecule has 1 aromatic rings. The lowest BCUT2D eigenvalue weighted by molar-refractivity contribution is 1.56. The van der Waals surface area contributed by atoms with Gasteiger partial charge in [0.05, 0.1) is 0 Å². The molecule has 0 aliphatic carbocycles. The van der Waals surface area contributed by atoms with Gasteiger partial charge in [-0.1, -0.05) is 48.6 Å². The molecule has 0 aliphatic rings. The molecule has 0 spiro atoms. The van der Waals surface area contributed by atoms with Crippen molar-refractivity contribution in [3.05, 3.63) is 48.0 Å². The summed E-state index contributed by atoms with van der Waals surface area (Å²) in [6, 6.07) is 8.39. The summed E-state index contributed by atoms with van der Waals surface area (Å²) in [5, 5.41) is 0. The van der Waals surface area contributed by atoms with Crippen LogP contribution < -0.4 is 0 Å². The fourth-order valence-electron chi connectivity index (χ4n) is 1.07. The van der Waals surface area contributed by atoms with Crippen LogP contribution in [-0.4, -0.2) is 0 Å². The van der Waals surface area contributed by atoms with Crippen molar-refractivity contribution >= 4 is 11.6 Å². The van der Waals surface area contributed by atoms with Crippen LogP contribution in [0.25, 0.3) is 11.6 Å². The number of rotatable bonds is 2. The molecule has 0 N–H and O–H groups in total. The first kappa shape index (κ1) is 8.79. The maximum Gasteiger partial charge on any atom is -0.0233 e. The highest BCUT2D eigenvalue weighted by atomic mass is 14.0. The molecule has 0 fully saturated rings. The maximum absolute atomic E-state index is 3.88. The van der Waals surface area contributed by atoms with E-state index in [1.807, 2.05) is 19.9 Å². The molecule has 0 aliphatic heterocycles. The lowest BCUT2D eigenvalue weighted by atomic mass is 10.1. The normalized spacial score (nSPS) is 10.5. The minimum atomic E-state index is 1.11. The molecule has 0 heteroatoms. The first-order valence-corrected chi connectivity index (χ1v) is 4.12. The third-order valence-corrected chi connectivity index (χ3v) is 1.76. The van der Waals surface area contributed by atoms with Crippen LogP contribution in [0.15, 0.2) is 36.9 Å². The molecule has 0 aromatic heterocycles. The highest BCUT2D eigenvalue weighted by Crippen LogP contribution is 2.12. The summed E-state index contributed by atoms with van der Waals surface area (Å²) >= 11 is 0. The predicted molar refractivity (Wildman–Crippen MR) is 55.9 cm³/mol. The van der Waals surface area contributed by atoms with Crippen molar-refractivity contribution in [3.8, 4) is 0 Å². The van der Waals surface area contributed by atoms with E-state index in [1.165, 1.54) is 11.1 Å². The number of benzene rings is 1. The highest BCUT2D eigenvalue weighted by molar-refractivity contribution is 5.63. The molecule has 12 heavy (non-hydrogen) atoms. The molecule has 0 nitrogen and oxygen atoms in total. The van der Waals surface area contributed by atoms with Crippen LogP contribution in [0, 0.1) is 0 Å². The van der Waals surface area contributed by atoms with Gasteiger partial charge in [-0.05, 0) is 25.0 Å². The summed E-state index contributed by atoms with van der Waals surface area (Å²) in [4.78, 5) is 0. The Labute approximate surface area is 74.2 Å². The van der Waals surface area contributed by atoms with E-state index in [2.05, 4.69) is 36.9 Å². The Kier molecular flexibility index (Phi) is 2.87. The summed E-state index contributed by atoms with van der Waals surface area (Å²) < 4.78 is 0. The molecular formula is C12H14. The van der Waals surface area contributed by atoms with Crippen LogP contribution >= 0.6 is 0 Å². The zero-order valence-electron chi connectivity index (χ0n) is 7.67. The van der Waals surface area contributed by atoms with Crippen molar-refractivity contribution < 1.29 is 0 Å². The van der Waals surface area contributed by atoms with Gasteiger partial charge in [-0.3, -0.25) is 0 Å². The lowest BCUT2D eigenvalue weighted by Crippen LogP contribution is -1.77. The monoisotopic (exact) mass is 158 g/mol. The maximum atomic E-state index is 3.88. The molecule has 0 heterocycles. The zero-order chi connectivity index (χ0) is 8.97. The van der Waals surface area contributed by atoms with Crippen LogP contribution in [0.1, 0.15) is 25.0 Å². The van der Waals surface area contributed by atoms with Gasteiger partial charge in [-0.15, -0.1) is 0 Å². The zero-order valence-corrected chi connectivity index (χ0v) is 7.67. The first-order chi connectivity index (χ1) is 5.74. The Balaban J connectivity index is 2.93. The van der Waals surface area contributed by atoms with Gasteiger partial charge in [-0.25, -0.2) is 0 Å². The number of hydrogen-bond donors (Lipinski definition) is 0. The quantitative estimate of drug-likeness (QED) is 0.615. The Morgan fingerprint density at radius 2 is 1.83 bits per heavy atom. The average molecular weight is 158 g/mol. The third kappa shape index (κ3) is 2.09. The molecule has 0 radical (unpaired) electrons. The molecule has 0 atom stereocenters. The van der Waals surface area contributed by atoms with E-state index in [-0.39, 0.29) is 0 Å². The molecule has 1 aromatic carbocycles. The van der Waals surface area contributed by atoms with Crippen LogP contribution in [-0.2, 0) is 0 Å².